The third-order valence-corrected chi connectivity index (χ3v) is 6.67. The monoisotopic (exact) mass is 459 g/mol. The Labute approximate surface area is 201 Å². The molecule has 1 N–H and O–H groups in total. The highest BCUT2D eigenvalue weighted by molar-refractivity contribution is 5.86. The number of benzene rings is 2. The average Bonchev–Trinajstić information content (AvgIpc) is 3.39. The number of aromatic nitrogens is 1. The van der Waals surface area contributed by atoms with E-state index in [0.29, 0.717) is 12.2 Å². The topological polar surface area (TPSA) is 71.5 Å². The van der Waals surface area contributed by atoms with Crippen LogP contribution in [0.5, 0.6) is 5.75 Å². The van der Waals surface area contributed by atoms with Crippen LogP contribution >= 0.6 is 0 Å². The molecule has 0 radical (unpaired) electrons. The smallest absolute Gasteiger partial charge is 0.260 e. The van der Waals surface area contributed by atoms with E-state index < -0.39 is 0 Å². The van der Waals surface area contributed by atoms with Crippen LogP contribution in [0.25, 0.3) is 10.9 Å². The molecule has 3 aromatic rings. The van der Waals surface area contributed by atoms with Gasteiger partial charge in [0.15, 0.2) is 6.61 Å². The maximum atomic E-state index is 13.1. The molecular weight excluding hydrogens is 426 g/mol. The van der Waals surface area contributed by atoms with Gasteiger partial charge in [-0.3, -0.25) is 14.6 Å². The Bertz CT molecular complexity index is 1180. The van der Waals surface area contributed by atoms with Crippen LogP contribution in [0.1, 0.15) is 54.6 Å². The molecule has 1 aliphatic rings. The van der Waals surface area contributed by atoms with Crippen LogP contribution in [0.2, 0.25) is 0 Å². The van der Waals surface area contributed by atoms with Crippen LogP contribution in [0.15, 0.2) is 48.5 Å². The molecule has 1 unspecified atom stereocenters. The first-order valence-electron chi connectivity index (χ1n) is 12.1. The van der Waals surface area contributed by atoms with Gasteiger partial charge < -0.3 is 15.0 Å². The van der Waals surface area contributed by atoms with E-state index in [0.717, 1.165) is 59.2 Å². The lowest BCUT2D eigenvalue weighted by Gasteiger charge is -2.22. The fourth-order valence-electron chi connectivity index (χ4n) is 4.73. The Balaban J connectivity index is 1.47. The van der Waals surface area contributed by atoms with E-state index in [-0.39, 0.29) is 30.9 Å². The normalized spacial score (nSPS) is 14.3. The van der Waals surface area contributed by atoms with Crippen molar-refractivity contribution in [1.29, 1.82) is 0 Å². The number of ether oxygens (including phenoxy) is 1. The van der Waals surface area contributed by atoms with E-state index in [2.05, 4.69) is 12.2 Å². The minimum absolute atomic E-state index is 0.0131. The van der Waals surface area contributed by atoms with Gasteiger partial charge in [-0.05, 0) is 56.4 Å². The van der Waals surface area contributed by atoms with Crippen LogP contribution < -0.4 is 10.1 Å². The summed E-state index contributed by atoms with van der Waals surface area (Å²) in [4.78, 5) is 32.1. The van der Waals surface area contributed by atoms with E-state index in [1.165, 1.54) is 0 Å². The standard InChI is InChI=1S/C28H33N3O3/c1-4-24(22-12-6-8-14-26(22)34-18-28(33)31-15-9-10-16-31)30-27(32)17-23-19(2)21-11-5-7-13-25(21)29-20(23)3/h5-8,11-14,24H,4,9-10,15-18H2,1-3H3,(H,30,32). The predicted molar refractivity (Wildman–Crippen MR) is 134 cm³/mol. The van der Waals surface area contributed by atoms with Crippen LogP contribution in [0, 0.1) is 13.8 Å². The summed E-state index contributed by atoms with van der Waals surface area (Å²) >= 11 is 0. The molecule has 1 atom stereocenters. The van der Waals surface area contributed by atoms with Crippen molar-refractivity contribution in [2.24, 2.45) is 0 Å². The van der Waals surface area contributed by atoms with Crippen molar-refractivity contribution in [2.75, 3.05) is 19.7 Å². The minimum Gasteiger partial charge on any atom is -0.483 e. The lowest BCUT2D eigenvalue weighted by Crippen LogP contribution is -2.33. The summed E-state index contributed by atoms with van der Waals surface area (Å²) in [5.41, 5.74) is 4.77. The molecule has 178 valence electrons. The van der Waals surface area contributed by atoms with E-state index >= 15 is 0 Å². The number of hydrogen-bond acceptors (Lipinski definition) is 4. The number of carbonyl (C=O) groups excluding carboxylic acids is 2. The van der Waals surface area contributed by atoms with Crippen LogP contribution in [-0.4, -0.2) is 41.4 Å². The van der Waals surface area contributed by atoms with Crippen LogP contribution in [0.4, 0.5) is 0 Å². The molecule has 0 bridgehead atoms. The molecule has 1 fully saturated rings. The van der Waals surface area contributed by atoms with Crippen molar-refractivity contribution >= 4 is 22.7 Å². The Kier molecular flexibility index (Phi) is 7.46. The molecule has 2 heterocycles. The number of nitrogens with zero attached hydrogens (tertiary/aromatic N) is 2. The first-order valence-corrected chi connectivity index (χ1v) is 12.1. The summed E-state index contributed by atoms with van der Waals surface area (Å²) in [6.45, 7) is 7.67. The van der Waals surface area contributed by atoms with Crippen molar-refractivity contribution in [2.45, 2.75) is 52.5 Å². The largest absolute Gasteiger partial charge is 0.483 e. The molecular formula is C28H33N3O3. The highest BCUT2D eigenvalue weighted by Crippen LogP contribution is 2.28. The van der Waals surface area contributed by atoms with Gasteiger partial charge in [-0.15, -0.1) is 0 Å². The Morgan fingerprint density at radius 2 is 1.76 bits per heavy atom. The van der Waals surface area contributed by atoms with Crippen molar-refractivity contribution in [3.63, 3.8) is 0 Å². The Morgan fingerprint density at radius 3 is 2.53 bits per heavy atom. The fraction of sp³-hybridized carbons (Fsp3) is 0.393. The van der Waals surface area contributed by atoms with Gasteiger partial charge in [-0.25, -0.2) is 0 Å². The number of fused-ring (bicyclic) bond motifs is 1. The molecule has 1 saturated heterocycles. The van der Waals surface area contributed by atoms with Gasteiger partial charge in [0, 0.05) is 29.7 Å². The van der Waals surface area contributed by atoms with Crippen molar-refractivity contribution in [1.82, 2.24) is 15.2 Å². The molecule has 0 spiro atoms. The number of hydrogen-bond donors (Lipinski definition) is 1. The van der Waals surface area contributed by atoms with Crippen LogP contribution in [-0.2, 0) is 16.0 Å². The summed E-state index contributed by atoms with van der Waals surface area (Å²) < 4.78 is 5.93. The molecule has 2 aromatic carbocycles. The molecule has 1 aliphatic heterocycles. The average molecular weight is 460 g/mol. The summed E-state index contributed by atoms with van der Waals surface area (Å²) in [5, 5.41) is 4.25. The summed E-state index contributed by atoms with van der Waals surface area (Å²) in [6.07, 6.45) is 3.08. The highest BCUT2D eigenvalue weighted by Gasteiger charge is 2.21. The zero-order chi connectivity index (χ0) is 24.1. The summed E-state index contributed by atoms with van der Waals surface area (Å²) in [7, 11) is 0. The molecule has 2 amide bonds. The first kappa shape index (κ1) is 23.7. The number of amides is 2. The van der Waals surface area contributed by atoms with Crippen molar-refractivity contribution < 1.29 is 14.3 Å². The summed E-state index contributed by atoms with van der Waals surface area (Å²) in [6, 6.07) is 15.4. The van der Waals surface area contributed by atoms with Gasteiger partial charge in [-0.2, -0.15) is 0 Å². The quantitative estimate of drug-likeness (QED) is 0.532. The van der Waals surface area contributed by atoms with Gasteiger partial charge in [0.25, 0.3) is 5.91 Å². The lowest BCUT2D eigenvalue weighted by molar-refractivity contribution is -0.132. The number of pyridine rings is 1. The maximum Gasteiger partial charge on any atom is 0.260 e. The molecule has 6 nitrogen and oxygen atoms in total. The molecule has 34 heavy (non-hydrogen) atoms. The molecule has 0 aliphatic carbocycles. The number of likely N-dealkylation sites (tertiary alicyclic amines) is 1. The number of carbonyl (C=O) groups is 2. The van der Waals surface area contributed by atoms with Gasteiger partial charge in [0.1, 0.15) is 5.75 Å². The van der Waals surface area contributed by atoms with E-state index in [4.69, 9.17) is 9.72 Å². The number of nitrogens with one attached hydrogen (secondary N) is 1. The third-order valence-electron chi connectivity index (χ3n) is 6.67. The molecule has 1 aromatic heterocycles. The Morgan fingerprint density at radius 1 is 1.06 bits per heavy atom. The van der Waals surface area contributed by atoms with Gasteiger partial charge in [0.2, 0.25) is 5.91 Å². The highest BCUT2D eigenvalue weighted by atomic mass is 16.5. The Hall–Kier alpha value is -3.41. The second-order valence-electron chi connectivity index (χ2n) is 8.94. The SMILES string of the molecule is CCC(NC(=O)Cc1c(C)nc2ccccc2c1C)c1ccccc1OCC(=O)N1CCCC1. The second kappa shape index (κ2) is 10.7. The van der Waals surface area contributed by atoms with E-state index in [9.17, 15) is 9.59 Å². The maximum absolute atomic E-state index is 13.1. The molecule has 4 rings (SSSR count). The zero-order valence-corrected chi connectivity index (χ0v) is 20.3. The number of aryl methyl sites for hydroxylation is 2. The van der Waals surface area contributed by atoms with Crippen LogP contribution in [0.3, 0.4) is 0 Å². The van der Waals surface area contributed by atoms with Gasteiger partial charge in [-0.1, -0.05) is 43.3 Å². The lowest BCUT2D eigenvalue weighted by atomic mass is 9.98. The molecule has 6 heteroatoms. The molecule has 0 saturated carbocycles. The van der Waals surface area contributed by atoms with E-state index in [1.807, 2.05) is 67.3 Å². The van der Waals surface area contributed by atoms with Crippen molar-refractivity contribution in [3.8, 4) is 5.75 Å². The summed E-state index contributed by atoms with van der Waals surface area (Å²) in [5.74, 6) is 0.596. The first-order chi connectivity index (χ1) is 16.5. The van der Waals surface area contributed by atoms with Gasteiger partial charge in [0.05, 0.1) is 18.0 Å². The van der Waals surface area contributed by atoms with E-state index in [1.54, 1.807) is 0 Å². The second-order valence-corrected chi connectivity index (χ2v) is 8.94. The zero-order valence-electron chi connectivity index (χ0n) is 20.3. The van der Waals surface area contributed by atoms with Crippen molar-refractivity contribution in [3.05, 3.63) is 70.9 Å². The minimum atomic E-state index is -0.209. The fourth-order valence-corrected chi connectivity index (χ4v) is 4.73. The predicted octanol–water partition coefficient (Wildman–Crippen LogP) is 4.66. The number of rotatable bonds is 8. The third kappa shape index (κ3) is 5.22. The number of para-hydroxylation sites is 2. The van der Waals surface area contributed by atoms with Gasteiger partial charge >= 0.3 is 0 Å².